The Hall–Kier alpha value is -0.110. The monoisotopic (exact) mass is 476 g/mol. The zero-order valence-corrected chi connectivity index (χ0v) is 16.0. The summed E-state index contributed by atoms with van der Waals surface area (Å²) in [5.74, 6) is 0. The van der Waals surface area contributed by atoms with Crippen LogP contribution < -0.4 is 0 Å². The first-order valence-corrected chi connectivity index (χ1v) is 12.3. The Morgan fingerprint density at radius 3 is 1.38 bits per heavy atom. The van der Waals surface area contributed by atoms with E-state index in [1.807, 2.05) is 0 Å². The van der Waals surface area contributed by atoms with Gasteiger partial charge in [-0.05, 0) is 0 Å². The molecule has 0 saturated heterocycles. The zero-order valence-electron chi connectivity index (χ0n) is 10.4. The Morgan fingerprint density at radius 2 is 1.05 bits per heavy atom. The second-order valence-electron chi connectivity index (χ2n) is 3.74. The number of hydrogen-bond acceptors (Lipinski definition) is 6. The SMILES string of the molecule is O=S(=S)(O[Te]OS(=O)(=S)c1ccccc1)c1ccccc1. The number of hydrogen-bond donors (Lipinski definition) is 0. The van der Waals surface area contributed by atoms with E-state index < -0.39 is 39.3 Å². The molecule has 2 rings (SSSR count). The van der Waals surface area contributed by atoms with Gasteiger partial charge in [-0.3, -0.25) is 0 Å². The number of benzene rings is 2. The van der Waals surface area contributed by atoms with Crippen molar-refractivity contribution < 1.29 is 13.5 Å². The molecule has 0 aliphatic heterocycles. The van der Waals surface area contributed by atoms with Crippen LogP contribution in [0.2, 0.25) is 0 Å². The summed E-state index contributed by atoms with van der Waals surface area (Å²) in [6, 6.07) is 16.9. The summed E-state index contributed by atoms with van der Waals surface area (Å²) in [6.45, 7) is 0. The van der Waals surface area contributed by atoms with E-state index in [0.29, 0.717) is 9.79 Å². The molecule has 2 atom stereocenters. The van der Waals surface area contributed by atoms with Gasteiger partial charge >= 0.3 is 146 Å². The average molecular weight is 474 g/mol. The molecule has 2 aromatic rings. The summed E-state index contributed by atoms with van der Waals surface area (Å²) in [6.07, 6.45) is 0. The third kappa shape index (κ3) is 4.94. The Kier molecular flexibility index (Phi) is 6.11. The molecule has 0 amide bonds. The first-order valence-electron chi connectivity index (χ1n) is 5.56. The summed E-state index contributed by atoms with van der Waals surface area (Å²) in [4.78, 5) is 0.786. The van der Waals surface area contributed by atoms with E-state index in [1.165, 1.54) is 0 Å². The van der Waals surface area contributed by atoms with Gasteiger partial charge in [-0.15, -0.1) is 0 Å². The Bertz CT molecular complexity index is 720. The molecule has 9 heteroatoms. The molecule has 2 aromatic carbocycles. The fourth-order valence-electron chi connectivity index (χ4n) is 1.34. The van der Waals surface area contributed by atoms with Crippen LogP contribution >= 0.6 is 0 Å². The van der Waals surface area contributed by atoms with Crippen LogP contribution in [0, 0.1) is 0 Å². The van der Waals surface area contributed by atoms with Crippen LogP contribution in [0.5, 0.6) is 0 Å². The first kappa shape index (κ1) is 17.2. The summed E-state index contributed by atoms with van der Waals surface area (Å²) in [5, 5.41) is 0. The van der Waals surface area contributed by atoms with Crippen molar-refractivity contribution in [3.8, 4) is 0 Å². The van der Waals surface area contributed by atoms with E-state index in [0.717, 1.165) is 0 Å². The standard InChI is InChI=1S/C12H10O4S4Te/c13-19(17,11-7-3-1-4-8-11)15-21-16-20(14,18)12-9-5-2-6-10-12/h1-10H. The van der Waals surface area contributed by atoms with Gasteiger partial charge in [0.15, 0.2) is 0 Å². The van der Waals surface area contributed by atoms with Crippen molar-refractivity contribution in [2.45, 2.75) is 9.79 Å². The van der Waals surface area contributed by atoms with Gasteiger partial charge in [0.25, 0.3) is 0 Å². The summed E-state index contributed by atoms with van der Waals surface area (Å²) in [5.41, 5.74) is 0. The van der Waals surface area contributed by atoms with Crippen molar-refractivity contribution in [1.82, 2.24) is 0 Å². The van der Waals surface area contributed by atoms with Crippen LogP contribution in [0.25, 0.3) is 0 Å². The first-order chi connectivity index (χ1) is 9.92. The minimum atomic E-state index is -3.07. The molecule has 21 heavy (non-hydrogen) atoms. The van der Waals surface area contributed by atoms with Gasteiger partial charge in [-0.2, -0.15) is 0 Å². The molecule has 0 saturated carbocycles. The second-order valence-corrected chi connectivity index (χ2v) is 12.1. The minimum absolute atomic E-state index is 0.393. The van der Waals surface area contributed by atoms with Crippen molar-refractivity contribution in [2.24, 2.45) is 0 Å². The summed E-state index contributed by atoms with van der Waals surface area (Å²) >= 11 is 8.13. The summed E-state index contributed by atoms with van der Waals surface area (Å²) < 4.78 is 34.8. The molecule has 0 aliphatic rings. The Morgan fingerprint density at radius 1 is 0.714 bits per heavy atom. The van der Waals surface area contributed by atoms with Crippen LogP contribution in [0.4, 0.5) is 0 Å². The molecule has 2 unspecified atom stereocenters. The molecule has 0 aliphatic carbocycles. The topological polar surface area (TPSA) is 52.6 Å². The molecular formula is C12H10O4S4Te. The third-order valence-corrected chi connectivity index (χ3v) is 11.9. The summed E-state index contributed by atoms with van der Waals surface area (Å²) in [7, 11) is -6.14. The number of rotatable bonds is 6. The van der Waals surface area contributed by atoms with E-state index >= 15 is 0 Å². The Balaban J connectivity index is 2.02. The van der Waals surface area contributed by atoms with Gasteiger partial charge in [0.05, 0.1) is 0 Å². The van der Waals surface area contributed by atoms with Gasteiger partial charge < -0.3 is 0 Å². The van der Waals surface area contributed by atoms with Crippen LogP contribution in [0.1, 0.15) is 0 Å². The zero-order chi connectivity index (χ0) is 15.3. The van der Waals surface area contributed by atoms with Crippen molar-refractivity contribution >= 4 is 61.7 Å². The normalized spacial score (nSPS) is 16.8. The van der Waals surface area contributed by atoms with Gasteiger partial charge in [-0.25, -0.2) is 0 Å². The van der Waals surface area contributed by atoms with Gasteiger partial charge in [-0.1, -0.05) is 0 Å². The molecule has 4 nitrogen and oxygen atoms in total. The van der Waals surface area contributed by atoms with Crippen LogP contribution in [-0.2, 0) is 45.0 Å². The molecule has 0 fully saturated rings. The van der Waals surface area contributed by atoms with Crippen molar-refractivity contribution in [1.29, 1.82) is 0 Å². The Labute approximate surface area is 144 Å². The van der Waals surface area contributed by atoms with E-state index in [1.54, 1.807) is 60.7 Å². The average Bonchev–Trinajstić information content (AvgIpc) is 2.49. The predicted molar refractivity (Wildman–Crippen MR) is 88.4 cm³/mol. The quantitative estimate of drug-likeness (QED) is 0.598. The van der Waals surface area contributed by atoms with Gasteiger partial charge in [0, 0.05) is 0 Å². The van der Waals surface area contributed by atoms with Crippen LogP contribution in [0.3, 0.4) is 0 Å². The van der Waals surface area contributed by atoms with Crippen molar-refractivity contribution in [3.63, 3.8) is 0 Å². The van der Waals surface area contributed by atoms with Gasteiger partial charge in [0.2, 0.25) is 0 Å². The fraction of sp³-hybridized carbons (Fsp3) is 0. The molecule has 0 N–H and O–H groups in total. The van der Waals surface area contributed by atoms with E-state index in [9.17, 15) is 8.42 Å². The fourth-order valence-corrected chi connectivity index (χ4v) is 7.47. The van der Waals surface area contributed by atoms with Crippen LogP contribution in [-0.4, -0.2) is 30.2 Å². The second kappa shape index (κ2) is 7.44. The van der Waals surface area contributed by atoms with Gasteiger partial charge in [0.1, 0.15) is 0 Å². The van der Waals surface area contributed by atoms with Crippen LogP contribution in [0.15, 0.2) is 70.5 Å². The molecular weight excluding hydrogens is 464 g/mol. The molecule has 0 radical (unpaired) electrons. The third-order valence-electron chi connectivity index (χ3n) is 2.30. The molecule has 0 aromatic heterocycles. The van der Waals surface area contributed by atoms with E-state index in [2.05, 4.69) is 0 Å². The van der Waals surface area contributed by atoms with Crippen molar-refractivity contribution in [2.75, 3.05) is 0 Å². The molecule has 0 heterocycles. The predicted octanol–water partition coefficient (Wildman–Crippen LogP) is 1.99. The van der Waals surface area contributed by atoms with E-state index in [4.69, 9.17) is 27.5 Å². The van der Waals surface area contributed by atoms with Crippen molar-refractivity contribution in [3.05, 3.63) is 60.7 Å². The molecule has 0 bridgehead atoms. The maximum absolute atomic E-state index is 12.2. The van der Waals surface area contributed by atoms with E-state index in [-0.39, 0.29) is 0 Å². The molecule has 112 valence electrons. The maximum atomic E-state index is 12.2. The molecule has 0 spiro atoms.